The van der Waals surface area contributed by atoms with E-state index >= 15 is 0 Å². The van der Waals surface area contributed by atoms with Crippen molar-refractivity contribution < 1.29 is 9.59 Å². The predicted octanol–water partition coefficient (Wildman–Crippen LogP) is 2.52. The summed E-state index contributed by atoms with van der Waals surface area (Å²) < 4.78 is 0. The second kappa shape index (κ2) is 7.98. The van der Waals surface area contributed by atoms with Gasteiger partial charge in [-0.2, -0.15) is 10.5 Å². The largest absolute Gasteiger partial charge is 0.328 e. The molecule has 0 aliphatic carbocycles. The summed E-state index contributed by atoms with van der Waals surface area (Å²) in [6.07, 6.45) is 1.03. The SMILES string of the molecule is N#Cc1ccccc1CN1C(=O)N(Cc2ccccc2C#N)C2(CCNCC2)C1=O. The molecule has 0 unspecified atom stereocenters. The molecule has 7 heteroatoms. The van der Waals surface area contributed by atoms with Gasteiger partial charge in [-0.05, 0) is 49.2 Å². The number of benzene rings is 2. The Morgan fingerprint density at radius 3 is 1.97 bits per heavy atom. The third-order valence-corrected chi connectivity index (χ3v) is 5.98. The van der Waals surface area contributed by atoms with E-state index in [1.165, 1.54) is 4.90 Å². The van der Waals surface area contributed by atoms with Gasteiger partial charge in [0.25, 0.3) is 5.91 Å². The highest BCUT2D eigenvalue weighted by atomic mass is 16.2. The van der Waals surface area contributed by atoms with E-state index < -0.39 is 5.54 Å². The van der Waals surface area contributed by atoms with Crippen molar-refractivity contribution in [2.24, 2.45) is 0 Å². The molecule has 2 aliphatic heterocycles. The first-order valence-electron chi connectivity index (χ1n) is 9.91. The maximum Gasteiger partial charge on any atom is 0.328 e. The van der Waals surface area contributed by atoms with Crippen LogP contribution in [0, 0.1) is 22.7 Å². The molecule has 0 aromatic heterocycles. The van der Waals surface area contributed by atoms with E-state index in [0.717, 1.165) is 5.56 Å². The maximum absolute atomic E-state index is 13.5. The van der Waals surface area contributed by atoms with Crippen LogP contribution in [0.4, 0.5) is 4.79 Å². The number of nitrogens with one attached hydrogen (secondary N) is 1. The van der Waals surface area contributed by atoms with Crippen molar-refractivity contribution in [2.75, 3.05) is 13.1 Å². The quantitative estimate of drug-likeness (QED) is 0.797. The Morgan fingerprint density at radius 1 is 0.867 bits per heavy atom. The topological polar surface area (TPSA) is 100 Å². The number of carbonyl (C=O) groups is 2. The molecule has 0 saturated carbocycles. The number of imide groups is 1. The van der Waals surface area contributed by atoms with E-state index in [-0.39, 0.29) is 25.0 Å². The minimum absolute atomic E-state index is 0.0625. The zero-order valence-corrected chi connectivity index (χ0v) is 16.5. The molecular weight excluding hydrogens is 378 g/mol. The number of hydrogen-bond acceptors (Lipinski definition) is 5. The minimum atomic E-state index is -0.924. The van der Waals surface area contributed by atoms with Crippen molar-refractivity contribution in [1.29, 1.82) is 10.5 Å². The second-order valence-corrected chi connectivity index (χ2v) is 7.58. The Labute approximate surface area is 175 Å². The first-order valence-corrected chi connectivity index (χ1v) is 9.91. The highest BCUT2D eigenvalue weighted by Gasteiger charge is 2.57. The molecule has 2 heterocycles. The van der Waals surface area contributed by atoms with Crippen LogP contribution in [0.25, 0.3) is 0 Å². The lowest BCUT2D eigenvalue weighted by atomic mass is 9.86. The number of urea groups is 1. The van der Waals surface area contributed by atoms with E-state index in [1.807, 2.05) is 12.1 Å². The summed E-state index contributed by atoms with van der Waals surface area (Å²) in [4.78, 5) is 29.9. The number of nitrogens with zero attached hydrogens (tertiary/aromatic N) is 4. The molecule has 2 saturated heterocycles. The van der Waals surface area contributed by atoms with Crippen LogP contribution in [0.1, 0.15) is 35.1 Å². The molecule has 30 heavy (non-hydrogen) atoms. The lowest BCUT2D eigenvalue weighted by molar-refractivity contribution is -0.135. The van der Waals surface area contributed by atoms with Gasteiger partial charge in [0.15, 0.2) is 0 Å². The molecule has 0 bridgehead atoms. The molecule has 2 aliphatic rings. The molecule has 2 fully saturated rings. The average molecular weight is 399 g/mol. The monoisotopic (exact) mass is 399 g/mol. The number of nitriles is 2. The Balaban J connectivity index is 1.71. The lowest BCUT2D eigenvalue weighted by Gasteiger charge is -2.38. The zero-order valence-electron chi connectivity index (χ0n) is 16.5. The summed E-state index contributed by atoms with van der Waals surface area (Å²) in [6.45, 7) is 1.54. The van der Waals surface area contributed by atoms with Crippen molar-refractivity contribution in [3.8, 4) is 12.1 Å². The van der Waals surface area contributed by atoms with Crippen LogP contribution in [-0.4, -0.2) is 40.4 Å². The van der Waals surface area contributed by atoms with Gasteiger partial charge in [-0.25, -0.2) is 4.79 Å². The summed E-state index contributed by atoms with van der Waals surface area (Å²) >= 11 is 0. The standard InChI is InChI=1S/C23H21N5O2/c24-13-17-5-1-3-7-19(17)15-27-21(29)23(9-11-26-12-10-23)28(22(27)30)16-20-8-4-2-6-18(20)14-25/h1-8,26H,9-12,15-16H2. The van der Waals surface area contributed by atoms with Crippen molar-refractivity contribution >= 4 is 11.9 Å². The summed E-state index contributed by atoms with van der Waals surface area (Å²) in [6, 6.07) is 18.1. The highest BCUT2D eigenvalue weighted by Crippen LogP contribution is 2.38. The molecule has 0 radical (unpaired) electrons. The van der Waals surface area contributed by atoms with Crippen molar-refractivity contribution in [1.82, 2.24) is 15.1 Å². The normalized spacial score (nSPS) is 17.8. The molecule has 150 valence electrons. The summed E-state index contributed by atoms with van der Waals surface area (Å²) in [5.41, 5.74) is 1.39. The van der Waals surface area contributed by atoms with E-state index in [0.29, 0.717) is 42.6 Å². The average Bonchev–Trinajstić information content (AvgIpc) is 2.97. The first-order chi connectivity index (χ1) is 14.6. The van der Waals surface area contributed by atoms with E-state index in [4.69, 9.17) is 0 Å². The fourth-order valence-corrected chi connectivity index (χ4v) is 4.34. The highest BCUT2D eigenvalue weighted by molar-refractivity contribution is 6.07. The van der Waals surface area contributed by atoms with Crippen LogP contribution in [0.3, 0.4) is 0 Å². The molecule has 1 spiro atoms. The Kier molecular flexibility index (Phi) is 5.22. The Hall–Kier alpha value is -3.68. The van der Waals surface area contributed by atoms with Crippen molar-refractivity contribution in [3.63, 3.8) is 0 Å². The van der Waals surface area contributed by atoms with Crippen LogP contribution < -0.4 is 5.32 Å². The van der Waals surface area contributed by atoms with Gasteiger partial charge >= 0.3 is 6.03 Å². The third-order valence-electron chi connectivity index (χ3n) is 5.98. The fourth-order valence-electron chi connectivity index (χ4n) is 4.34. The molecule has 1 N–H and O–H groups in total. The molecule has 2 aromatic carbocycles. The molecular formula is C23H21N5O2. The summed E-state index contributed by atoms with van der Waals surface area (Å²) in [5, 5.41) is 22.1. The van der Waals surface area contributed by atoms with Gasteiger partial charge in [-0.15, -0.1) is 0 Å². The van der Waals surface area contributed by atoms with Crippen LogP contribution in [-0.2, 0) is 17.9 Å². The molecule has 4 rings (SSSR count). The van der Waals surface area contributed by atoms with Gasteiger partial charge in [0.1, 0.15) is 5.54 Å². The van der Waals surface area contributed by atoms with Gasteiger partial charge in [0, 0.05) is 6.54 Å². The second-order valence-electron chi connectivity index (χ2n) is 7.58. The van der Waals surface area contributed by atoms with E-state index in [9.17, 15) is 20.1 Å². The van der Waals surface area contributed by atoms with Gasteiger partial charge < -0.3 is 10.2 Å². The predicted molar refractivity (Wildman–Crippen MR) is 109 cm³/mol. The Morgan fingerprint density at radius 2 is 1.40 bits per heavy atom. The van der Waals surface area contributed by atoms with Gasteiger partial charge in [0.05, 0.1) is 29.8 Å². The minimum Gasteiger partial charge on any atom is -0.317 e. The van der Waals surface area contributed by atoms with Crippen LogP contribution in [0.5, 0.6) is 0 Å². The van der Waals surface area contributed by atoms with Gasteiger partial charge in [0.2, 0.25) is 0 Å². The summed E-state index contributed by atoms with van der Waals surface area (Å²) in [5.74, 6) is -0.226. The smallest absolute Gasteiger partial charge is 0.317 e. The van der Waals surface area contributed by atoms with Crippen LogP contribution in [0.2, 0.25) is 0 Å². The number of hydrogen-bond donors (Lipinski definition) is 1. The van der Waals surface area contributed by atoms with Crippen LogP contribution >= 0.6 is 0 Å². The van der Waals surface area contributed by atoms with Gasteiger partial charge in [-0.3, -0.25) is 9.69 Å². The molecule has 2 aromatic rings. The number of carbonyl (C=O) groups excluding carboxylic acids is 2. The third kappa shape index (κ3) is 3.20. The van der Waals surface area contributed by atoms with E-state index in [1.54, 1.807) is 41.3 Å². The first kappa shape index (κ1) is 19.6. The Bertz CT molecular complexity index is 1080. The molecule has 0 atom stereocenters. The number of amides is 3. The van der Waals surface area contributed by atoms with Gasteiger partial charge in [-0.1, -0.05) is 36.4 Å². The summed E-state index contributed by atoms with van der Waals surface area (Å²) in [7, 11) is 0. The van der Waals surface area contributed by atoms with E-state index in [2.05, 4.69) is 17.5 Å². The zero-order chi connectivity index (χ0) is 21.1. The van der Waals surface area contributed by atoms with Crippen LogP contribution in [0.15, 0.2) is 48.5 Å². The maximum atomic E-state index is 13.5. The fraction of sp³-hybridized carbons (Fsp3) is 0.304. The number of rotatable bonds is 4. The molecule has 3 amide bonds. The van der Waals surface area contributed by atoms with Crippen molar-refractivity contribution in [3.05, 3.63) is 70.8 Å². The van der Waals surface area contributed by atoms with Crippen molar-refractivity contribution in [2.45, 2.75) is 31.5 Å². The lowest BCUT2D eigenvalue weighted by Crippen LogP contribution is -2.55. The molecule has 7 nitrogen and oxygen atoms in total. The number of piperidine rings is 1.